The van der Waals surface area contributed by atoms with E-state index in [0.717, 1.165) is 5.56 Å². The first-order valence-electron chi connectivity index (χ1n) is 5.76. The van der Waals surface area contributed by atoms with Crippen LogP contribution in [0.2, 0.25) is 5.15 Å². The van der Waals surface area contributed by atoms with Gasteiger partial charge in [-0.25, -0.2) is 18.1 Å². The second kappa shape index (κ2) is 6.21. The lowest BCUT2D eigenvalue weighted by atomic mass is 10.2. The summed E-state index contributed by atoms with van der Waals surface area (Å²) < 4.78 is 31.7. The summed E-state index contributed by atoms with van der Waals surface area (Å²) in [6, 6.07) is 10.0. The van der Waals surface area contributed by atoms with E-state index in [0.29, 0.717) is 5.75 Å². The van der Waals surface area contributed by atoms with E-state index in [1.807, 2.05) is 0 Å². The molecule has 0 bridgehead atoms. The molecular weight excluding hydrogens is 300 g/mol. The van der Waals surface area contributed by atoms with Crippen molar-refractivity contribution < 1.29 is 13.2 Å². The minimum atomic E-state index is -3.68. The molecule has 7 heteroatoms. The Morgan fingerprint density at radius 2 is 1.95 bits per heavy atom. The van der Waals surface area contributed by atoms with E-state index in [1.165, 1.54) is 18.3 Å². The molecule has 2 rings (SSSR count). The summed E-state index contributed by atoms with van der Waals surface area (Å²) in [5.41, 5.74) is 0.814. The standard InChI is InChI=1S/C13H13ClN2O3S/c1-19-11-6-4-10(5-7-11)9-16-20(17,18)12-3-2-8-15-13(12)14/h2-8,16H,9H2,1H3. The van der Waals surface area contributed by atoms with Crippen LogP contribution in [0.5, 0.6) is 5.75 Å². The molecule has 2 aromatic rings. The molecule has 0 aliphatic rings. The van der Waals surface area contributed by atoms with Crippen molar-refractivity contribution in [3.8, 4) is 5.75 Å². The predicted molar refractivity (Wildman–Crippen MR) is 76.3 cm³/mol. The lowest BCUT2D eigenvalue weighted by Gasteiger charge is -2.08. The predicted octanol–water partition coefficient (Wildman–Crippen LogP) is 2.22. The highest BCUT2D eigenvalue weighted by Gasteiger charge is 2.17. The van der Waals surface area contributed by atoms with Crippen LogP contribution < -0.4 is 9.46 Å². The van der Waals surface area contributed by atoms with Gasteiger partial charge in [-0.2, -0.15) is 0 Å². The number of rotatable bonds is 5. The zero-order valence-corrected chi connectivity index (χ0v) is 12.3. The number of methoxy groups -OCH3 is 1. The van der Waals surface area contributed by atoms with Gasteiger partial charge < -0.3 is 4.74 Å². The van der Waals surface area contributed by atoms with Crippen molar-refractivity contribution in [2.75, 3.05) is 7.11 Å². The number of halogens is 1. The number of nitrogens with zero attached hydrogens (tertiary/aromatic N) is 1. The van der Waals surface area contributed by atoms with Gasteiger partial charge in [0.1, 0.15) is 15.8 Å². The normalized spacial score (nSPS) is 11.3. The Hall–Kier alpha value is -1.63. The molecule has 1 aromatic carbocycles. The van der Waals surface area contributed by atoms with Crippen LogP contribution in [0.15, 0.2) is 47.5 Å². The number of aromatic nitrogens is 1. The number of sulfonamides is 1. The van der Waals surface area contributed by atoms with Gasteiger partial charge >= 0.3 is 0 Å². The van der Waals surface area contributed by atoms with Gasteiger partial charge in [0.2, 0.25) is 10.0 Å². The number of benzene rings is 1. The second-order valence-corrected chi connectivity index (χ2v) is 6.06. The number of hydrogen-bond donors (Lipinski definition) is 1. The van der Waals surface area contributed by atoms with Crippen LogP contribution in [0.4, 0.5) is 0 Å². The fourth-order valence-electron chi connectivity index (χ4n) is 1.57. The quantitative estimate of drug-likeness (QED) is 0.860. The molecular formula is C13H13ClN2O3S. The van der Waals surface area contributed by atoms with Gasteiger partial charge in [0, 0.05) is 12.7 Å². The van der Waals surface area contributed by atoms with Gasteiger partial charge in [0.25, 0.3) is 0 Å². The Labute approximate surface area is 122 Å². The van der Waals surface area contributed by atoms with E-state index in [1.54, 1.807) is 31.4 Å². The summed E-state index contributed by atoms with van der Waals surface area (Å²) in [5, 5.41) is -0.0465. The van der Waals surface area contributed by atoms with E-state index >= 15 is 0 Å². The Bertz CT molecular complexity index is 687. The Balaban J connectivity index is 2.11. The van der Waals surface area contributed by atoms with Gasteiger partial charge in [-0.05, 0) is 29.8 Å². The van der Waals surface area contributed by atoms with Crippen molar-refractivity contribution in [1.29, 1.82) is 0 Å². The summed E-state index contributed by atoms with van der Waals surface area (Å²) in [6.45, 7) is 0.164. The second-order valence-electron chi connectivity index (χ2n) is 3.96. The van der Waals surface area contributed by atoms with Crippen molar-refractivity contribution in [2.24, 2.45) is 0 Å². The zero-order valence-electron chi connectivity index (χ0n) is 10.7. The van der Waals surface area contributed by atoms with Gasteiger partial charge in [0.15, 0.2) is 0 Å². The smallest absolute Gasteiger partial charge is 0.243 e. The first kappa shape index (κ1) is 14.8. The third-order valence-corrected chi connectivity index (χ3v) is 4.49. The van der Waals surface area contributed by atoms with Crippen LogP contribution in [-0.2, 0) is 16.6 Å². The topological polar surface area (TPSA) is 68.3 Å². The van der Waals surface area contributed by atoms with Crippen LogP contribution in [0.1, 0.15) is 5.56 Å². The molecule has 20 heavy (non-hydrogen) atoms. The Morgan fingerprint density at radius 1 is 1.25 bits per heavy atom. The van der Waals surface area contributed by atoms with E-state index in [2.05, 4.69) is 9.71 Å². The van der Waals surface area contributed by atoms with Crippen LogP contribution in [0.25, 0.3) is 0 Å². The van der Waals surface area contributed by atoms with Gasteiger partial charge in [-0.3, -0.25) is 0 Å². The molecule has 0 spiro atoms. The number of pyridine rings is 1. The summed E-state index contributed by atoms with van der Waals surface area (Å²) in [7, 11) is -2.11. The van der Waals surface area contributed by atoms with Crippen molar-refractivity contribution in [2.45, 2.75) is 11.4 Å². The number of hydrogen-bond acceptors (Lipinski definition) is 4. The van der Waals surface area contributed by atoms with Crippen molar-refractivity contribution in [3.63, 3.8) is 0 Å². The van der Waals surface area contributed by atoms with Crippen LogP contribution in [-0.4, -0.2) is 20.5 Å². The molecule has 0 unspecified atom stereocenters. The highest BCUT2D eigenvalue weighted by molar-refractivity contribution is 7.89. The third kappa shape index (κ3) is 3.47. The van der Waals surface area contributed by atoms with Crippen molar-refractivity contribution >= 4 is 21.6 Å². The third-order valence-electron chi connectivity index (χ3n) is 2.64. The molecule has 1 heterocycles. The monoisotopic (exact) mass is 312 g/mol. The maximum Gasteiger partial charge on any atom is 0.243 e. The highest BCUT2D eigenvalue weighted by atomic mass is 35.5. The molecule has 0 saturated carbocycles. The maximum atomic E-state index is 12.1. The zero-order chi connectivity index (χ0) is 14.6. The summed E-state index contributed by atoms with van der Waals surface area (Å²) in [5.74, 6) is 0.715. The highest BCUT2D eigenvalue weighted by Crippen LogP contribution is 2.18. The maximum absolute atomic E-state index is 12.1. The SMILES string of the molecule is COc1ccc(CNS(=O)(=O)c2cccnc2Cl)cc1. The van der Waals surface area contributed by atoms with E-state index in [9.17, 15) is 8.42 Å². The summed E-state index contributed by atoms with van der Waals surface area (Å²) in [6.07, 6.45) is 1.44. The largest absolute Gasteiger partial charge is 0.497 e. The molecule has 0 fully saturated rings. The Kier molecular flexibility index (Phi) is 4.59. The summed E-state index contributed by atoms with van der Waals surface area (Å²) in [4.78, 5) is 3.72. The first-order valence-corrected chi connectivity index (χ1v) is 7.62. The van der Waals surface area contributed by atoms with Gasteiger partial charge in [-0.15, -0.1) is 0 Å². The first-order chi connectivity index (χ1) is 9.53. The molecule has 0 radical (unpaired) electrons. The molecule has 106 valence electrons. The van der Waals surface area contributed by atoms with E-state index < -0.39 is 10.0 Å². The lowest BCUT2D eigenvalue weighted by molar-refractivity contribution is 0.414. The average molecular weight is 313 g/mol. The molecule has 0 aliphatic heterocycles. The molecule has 1 N–H and O–H groups in total. The van der Waals surface area contributed by atoms with Crippen LogP contribution in [0, 0.1) is 0 Å². The molecule has 1 aromatic heterocycles. The van der Waals surface area contributed by atoms with Gasteiger partial charge in [0.05, 0.1) is 7.11 Å². The van der Waals surface area contributed by atoms with E-state index in [-0.39, 0.29) is 16.6 Å². The molecule has 0 saturated heterocycles. The van der Waals surface area contributed by atoms with Crippen LogP contribution in [0.3, 0.4) is 0 Å². The average Bonchev–Trinajstić information content (AvgIpc) is 2.46. The molecule has 5 nitrogen and oxygen atoms in total. The molecule has 0 atom stereocenters. The van der Waals surface area contributed by atoms with E-state index in [4.69, 9.17) is 16.3 Å². The fraction of sp³-hybridized carbons (Fsp3) is 0.154. The molecule has 0 amide bonds. The Morgan fingerprint density at radius 3 is 2.55 bits per heavy atom. The lowest BCUT2D eigenvalue weighted by Crippen LogP contribution is -2.23. The minimum Gasteiger partial charge on any atom is -0.497 e. The number of ether oxygens (including phenoxy) is 1. The number of nitrogens with one attached hydrogen (secondary N) is 1. The van der Waals surface area contributed by atoms with Crippen molar-refractivity contribution in [3.05, 3.63) is 53.3 Å². The minimum absolute atomic E-state index is 0.0322. The fourth-order valence-corrected chi connectivity index (χ4v) is 3.04. The van der Waals surface area contributed by atoms with Crippen LogP contribution >= 0.6 is 11.6 Å². The van der Waals surface area contributed by atoms with Gasteiger partial charge in [-0.1, -0.05) is 23.7 Å². The molecule has 0 aliphatic carbocycles. The summed E-state index contributed by atoms with van der Waals surface area (Å²) >= 11 is 5.78. The van der Waals surface area contributed by atoms with Crippen molar-refractivity contribution in [1.82, 2.24) is 9.71 Å².